The molecule has 3 aromatic rings. The molecule has 0 spiro atoms. The summed E-state index contributed by atoms with van der Waals surface area (Å²) in [7, 11) is 0. The Morgan fingerprint density at radius 1 is 1.03 bits per heavy atom. The SMILES string of the molecule is CC1CCN(c2ccc(-c3cccc(NC(=O)c4ccccc4Br)c3)nn2)CC1. The highest BCUT2D eigenvalue weighted by Crippen LogP contribution is 2.25. The van der Waals surface area contributed by atoms with E-state index in [-0.39, 0.29) is 5.91 Å². The third-order valence-corrected chi connectivity index (χ3v) is 5.98. The third-order valence-electron chi connectivity index (χ3n) is 5.29. The highest BCUT2D eigenvalue weighted by molar-refractivity contribution is 9.10. The van der Waals surface area contributed by atoms with Gasteiger partial charge < -0.3 is 10.2 Å². The van der Waals surface area contributed by atoms with E-state index in [0.717, 1.165) is 46.2 Å². The van der Waals surface area contributed by atoms with Crippen molar-refractivity contribution in [3.05, 3.63) is 70.7 Å². The lowest BCUT2D eigenvalue weighted by molar-refractivity contribution is 0.102. The first-order valence-corrected chi connectivity index (χ1v) is 10.6. The molecular weight excluding hydrogens is 428 g/mol. The third kappa shape index (κ3) is 4.65. The van der Waals surface area contributed by atoms with Crippen molar-refractivity contribution in [2.45, 2.75) is 19.8 Å². The number of carbonyl (C=O) groups is 1. The van der Waals surface area contributed by atoms with Crippen molar-refractivity contribution in [1.29, 1.82) is 0 Å². The Hall–Kier alpha value is -2.73. The minimum atomic E-state index is -0.157. The molecule has 4 rings (SSSR count). The molecule has 1 N–H and O–H groups in total. The van der Waals surface area contributed by atoms with Crippen LogP contribution in [0, 0.1) is 5.92 Å². The second kappa shape index (κ2) is 8.74. The molecule has 0 bridgehead atoms. The average Bonchev–Trinajstić information content (AvgIpc) is 2.75. The predicted molar refractivity (Wildman–Crippen MR) is 120 cm³/mol. The molecule has 6 heteroatoms. The van der Waals surface area contributed by atoms with Gasteiger partial charge in [0.25, 0.3) is 5.91 Å². The van der Waals surface area contributed by atoms with E-state index in [1.807, 2.05) is 54.6 Å². The van der Waals surface area contributed by atoms with E-state index in [1.54, 1.807) is 6.07 Å². The van der Waals surface area contributed by atoms with Crippen LogP contribution in [-0.2, 0) is 0 Å². The largest absolute Gasteiger partial charge is 0.355 e. The smallest absolute Gasteiger partial charge is 0.256 e. The number of rotatable bonds is 4. The standard InChI is InChI=1S/C23H23BrN4O/c1-16-11-13-28(14-12-16)22-10-9-21(26-27-22)17-5-4-6-18(15-17)25-23(29)19-7-2-3-8-20(19)24/h2-10,15-16H,11-14H2,1H3,(H,25,29). The number of amides is 1. The second-order valence-electron chi connectivity index (χ2n) is 7.46. The Morgan fingerprint density at radius 3 is 2.55 bits per heavy atom. The fourth-order valence-electron chi connectivity index (χ4n) is 3.49. The van der Waals surface area contributed by atoms with Gasteiger partial charge in [-0.3, -0.25) is 4.79 Å². The van der Waals surface area contributed by atoms with Gasteiger partial charge in [-0.15, -0.1) is 10.2 Å². The summed E-state index contributed by atoms with van der Waals surface area (Å²) in [6, 6.07) is 19.1. The molecule has 0 unspecified atom stereocenters. The lowest BCUT2D eigenvalue weighted by Crippen LogP contribution is -2.33. The molecule has 1 amide bonds. The van der Waals surface area contributed by atoms with Gasteiger partial charge in [-0.25, -0.2) is 0 Å². The zero-order chi connectivity index (χ0) is 20.2. The van der Waals surface area contributed by atoms with Crippen LogP contribution in [0.3, 0.4) is 0 Å². The topological polar surface area (TPSA) is 58.1 Å². The Morgan fingerprint density at radius 2 is 1.83 bits per heavy atom. The molecule has 2 heterocycles. The normalized spacial score (nSPS) is 14.6. The van der Waals surface area contributed by atoms with Crippen LogP contribution in [0.4, 0.5) is 11.5 Å². The Balaban J connectivity index is 1.48. The molecule has 2 aromatic carbocycles. The summed E-state index contributed by atoms with van der Waals surface area (Å²) in [6.45, 7) is 4.37. The number of nitrogens with zero attached hydrogens (tertiary/aromatic N) is 3. The van der Waals surface area contributed by atoms with Crippen molar-refractivity contribution in [1.82, 2.24) is 10.2 Å². The zero-order valence-electron chi connectivity index (χ0n) is 16.3. The van der Waals surface area contributed by atoms with Crippen LogP contribution in [0.2, 0.25) is 0 Å². The lowest BCUT2D eigenvalue weighted by Gasteiger charge is -2.30. The quantitative estimate of drug-likeness (QED) is 0.578. The van der Waals surface area contributed by atoms with Crippen molar-refractivity contribution in [2.24, 2.45) is 5.92 Å². The molecule has 5 nitrogen and oxygen atoms in total. The number of aromatic nitrogens is 2. The first kappa shape index (κ1) is 19.6. The van der Waals surface area contributed by atoms with Gasteiger partial charge in [0, 0.05) is 28.8 Å². The van der Waals surface area contributed by atoms with Crippen LogP contribution in [0.5, 0.6) is 0 Å². The van der Waals surface area contributed by atoms with Crippen LogP contribution in [0.1, 0.15) is 30.1 Å². The maximum atomic E-state index is 12.6. The van der Waals surface area contributed by atoms with Gasteiger partial charge in [0.1, 0.15) is 0 Å². The molecule has 1 fully saturated rings. The zero-order valence-corrected chi connectivity index (χ0v) is 17.9. The van der Waals surface area contributed by atoms with Crippen LogP contribution in [0.15, 0.2) is 65.1 Å². The molecule has 0 saturated carbocycles. The van der Waals surface area contributed by atoms with Gasteiger partial charge in [0.15, 0.2) is 5.82 Å². The van der Waals surface area contributed by atoms with Crippen molar-refractivity contribution in [3.8, 4) is 11.3 Å². The monoisotopic (exact) mass is 450 g/mol. The number of benzene rings is 2. The first-order valence-electron chi connectivity index (χ1n) is 9.85. The molecule has 148 valence electrons. The summed E-state index contributed by atoms with van der Waals surface area (Å²) >= 11 is 3.42. The molecular formula is C23H23BrN4O. The Kier molecular flexibility index (Phi) is 5.90. The highest BCUT2D eigenvalue weighted by atomic mass is 79.9. The van der Waals surface area contributed by atoms with E-state index in [2.05, 4.69) is 43.3 Å². The molecule has 0 atom stereocenters. The Bertz CT molecular complexity index is 998. The number of hydrogen-bond donors (Lipinski definition) is 1. The van der Waals surface area contributed by atoms with Crippen LogP contribution < -0.4 is 10.2 Å². The van der Waals surface area contributed by atoms with E-state index in [4.69, 9.17) is 0 Å². The summed E-state index contributed by atoms with van der Waals surface area (Å²) in [5.41, 5.74) is 3.02. The molecule has 1 aliphatic rings. The molecule has 29 heavy (non-hydrogen) atoms. The second-order valence-corrected chi connectivity index (χ2v) is 8.32. The molecule has 0 radical (unpaired) electrons. The van der Waals surface area contributed by atoms with E-state index in [0.29, 0.717) is 5.56 Å². The summed E-state index contributed by atoms with van der Waals surface area (Å²) in [5.74, 6) is 1.56. The van der Waals surface area contributed by atoms with Crippen LogP contribution in [0.25, 0.3) is 11.3 Å². The first-order chi connectivity index (χ1) is 14.1. The predicted octanol–water partition coefficient (Wildman–Crippen LogP) is 5.39. The summed E-state index contributed by atoms with van der Waals surface area (Å²) in [4.78, 5) is 14.8. The van der Waals surface area contributed by atoms with E-state index in [1.165, 1.54) is 12.8 Å². The summed E-state index contributed by atoms with van der Waals surface area (Å²) in [6.07, 6.45) is 2.39. The van der Waals surface area contributed by atoms with Gasteiger partial charge in [-0.05, 0) is 71.1 Å². The summed E-state index contributed by atoms with van der Waals surface area (Å²) in [5, 5.41) is 11.8. The number of halogens is 1. The fraction of sp³-hybridized carbons (Fsp3) is 0.261. The van der Waals surface area contributed by atoms with Crippen molar-refractivity contribution in [3.63, 3.8) is 0 Å². The molecule has 1 aromatic heterocycles. The maximum absolute atomic E-state index is 12.6. The van der Waals surface area contributed by atoms with Gasteiger partial charge in [-0.1, -0.05) is 31.2 Å². The number of piperidine rings is 1. The van der Waals surface area contributed by atoms with Gasteiger partial charge in [0.05, 0.1) is 11.3 Å². The molecule has 1 aliphatic heterocycles. The summed E-state index contributed by atoms with van der Waals surface area (Å²) < 4.78 is 0.766. The molecule has 1 saturated heterocycles. The van der Waals surface area contributed by atoms with E-state index >= 15 is 0 Å². The van der Waals surface area contributed by atoms with Crippen LogP contribution in [-0.4, -0.2) is 29.2 Å². The number of nitrogens with one attached hydrogen (secondary N) is 1. The van der Waals surface area contributed by atoms with Crippen LogP contribution >= 0.6 is 15.9 Å². The average molecular weight is 451 g/mol. The maximum Gasteiger partial charge on any atom is 0.256 e. The van der Waals surface area contributed by atoms with Crippen molar-refractivity contribution in [2.75, 3.05) is 23.3 Å². The highest BCUT2D eigenvalue weighted by Gasteiger charge is 2.17. The van der Waals surface area contributed by atoms with Gasteiger partial charge in [-0.2, -0.15) is 0 Å². The lowest BCUT2D eigenvalue weighted by atomic mass is 9.99. The minimum Gasteiger partial charge on any atom is -0.355 e. The number of carbonyl (C=O) groups excluding carboxylic acids is 1. The van der Waals surface area contributed by atoms with E-state index in [9.17, 15) is 4.79 Å². The van der Waals surface area contributed by atoms with E-state index < -0.39 is 0 Å². The minimum absolute atomic E-state index is 0.157. The van der Waals surface area contributed by atoms with Gasteiger partial charge in [0.2, 0.25) is 0 Å². The van der Waals surface area contributed by atoms with Crippen molar-refractivity contribution < 1.29 is 4.79 Å². The fourth-order valence-corrected chi connectivity index (χ4v) is 3.95. The van der Waals surface area contributed by atoms with Gasteiger partial charge >= 0.3 is 0 Å². The number of hydrogen-bond acceptors (Lipinski definition) is 4. The molecule has 0 aliphatic carbocycles. The van der Waals surface area contributed by atoms with Crippen molar-refractivity contribution >= 4 is 33.3 Å². The number of anilines is 2. The Labute approximate surface area is 179 Å².